The van der Waals surface area contributed by atoms with Gasteiger partial charge in [0.25, 0.3) is 0 Å². The van der Waals surface area contributed by atoms with Crippen LogP contribution in [-0.4, -0.2) is 24.5 Å². The number of benzene rings is 3. The lowest BCUT2D eigenvalue weighted by Crippen LogP contribution is -2.11. The molecule has 3 aromatic carbocycles. The maximum Gasteiger partial charge on any atom is 0.338 e. The van der Waals surface area contributed by atoms with Gasteiger partial charge in [-0.15, -0.1) is 0 Å². The van der Waals surface area contributed by atoms with Gasteiger partial charge in [-0.3, -0.25) is 0 Å². The molecule has 0 fully saturated rings. The molecule has 0 saturated heterocycles. The second-order valence-electron chi connectivity index (χ2n) is 9.04. The molecule has 0 aromatic heterocycles. The van der Waals surface area contributed by atoms with Crippen LogP contribution in [0, 0.1) is 0 Å². The molecule has 0 bridgehead atoms. The minimum Gasteiger partial charge on any atom is -0.486 e. The first-order valence-corrected chi connectivity index (χ1v) is 12.9. The molecule has 0 amide bonds. The van der Waals surface area contributed by atoms with Crippen LogP contribution in [0.5, 0.6) is 23.0 Å². The molecule has 41 heavy (non-hydrogen) atoms. The maximum absolute atomic E-state index is 12.1. The number of carbonyl (C=O) groups is 3. The maximum atomic E-state index is 12.1. The van der Waals surface area contributed by atoms with Crippen LogP contribution in [-0.2, 0) is 14.4 Å². The highest BCUT2D eigenvalue weighted by Gasteiger charge is 2.16. The van der Waals surface area contributed by atoms with Gasteiger partial charge in [-0.1, -0.05) is 67.8 Å². The van der Waals surface area contributed by atoms with Crippen molar-refractivity contribution in [3.8, 4) is 45.3 Å². The summed E-state index contributed by atoms with van der Waals surface area (Å²) in [6, 6.07) is 18.0. The summed E-state index contributed by atoms with van der Waals surface area (Å²) in [6.07, 6.45) is 6.54. The largest absolute Gasteiger partial charge is 0.486 e. The van der Waals surface area contributed by atoms with Crippen LogP contribution >= 0.6 is 0 Å². The fourth-order valence-electron chi connectivity index (χ4n) is 3.48. The fraction of sp³-hybridized carbons (Fsp3) is 0.147. The molecule has 0 aliphatic heterocycles. The van der Waals surface area contributed by atoms with Crippen LogP contribution in [0.2, 0.25) is 0 Å². The minimum absolute atomic E-state index is 0.104. The van der Waals surface area contributed by atoms with Crippen LogP contribution in [0.1, 0.15) is 27.7 Å². The first kappa shape index (κ1) is 30.4. The highest BCUT2D eigenvalue weighted by Crippen LogP contribution is 2.36. The average molecular weight is 553 g/mol. The Morgan fingerprint density at radius 1 is 0.634 bits per heavy atom. The van der Waals surface area contributed by atoms with E-state index in [-0.39, 0.29) is 22.6 Å². The third kappa shape index (κ3) is 8.41. The summed E-state index contributed by atoms with van der Waals surface area (Å²) in [7, 11) is 0. The van der Waals surface area contributed by atoms with Crippen molar-refractivity contribution in [3.05, 3.63) is 109 Å². The first-order chi connectivity index (χ1) is 19.6. The topological polar surface area (TPSA) is 88.1 Å². The van der Waals surface area contributed by atoms with Crippen LogP contribution in [0.4, 0.5) is 0 Å². The summed E-state index contributed by atoms with van der Waals surface area (Å²) in [5, 5.41) is 0. The van der Waals surface area contributed by atoms with Gasteiger partial charge in [-0.25, -0.2) is 14.4 Å². The van der Waals surface area contributed by atoms with Gasteiger partial charge >= 0.3 is 17.9 Å². The summed E-state index contributed by atoms with van der Waals surface area (Å²) in [4.78, 5) is 36.3. The lowest BCUT2D eigenvalue weighted by molar-refractivity contribution is -0.132. The van der Waals surface area contributed by atoms with Gasteiger partial charge in [0, 0.05) is 17.2 Å². The zero-order valence-corrected chi connectivity index (χ0v) is 23.6. The number of hydrogen-bond donors (Lipinski definition) is 0. The number of hydrogen-bond acceptors (Lipinski definition) is 7. The molecule has 210 valence electrons. The summed E-state index contributed by atoms with van der Waals surface area (Å²) in [6.45, 7) is 14.2. The zero-order valence-electron chi connectivity index (χ0n) is 23.6. The number of rotatable bonds is 11. The Morgan fingerprint density at radius 3 is 1.56 bits per heavy atom. The minimum atomic E-state index is -0.625. The van der Waals surface area contributed by atoms with E-state index in [1.807, 2.05) is 55.5 Å². The zero-order chi connectivity index (χ0) is 29.9. The van der Waals surface area contributed by atoms with Crippen LogP contribution in [0.3, 0.4) is 0 Å². The number of carbonyl (C=O) groups excluding carboxylic acids is 3. The van der Waals surface area contributed by atoms with Gasteiger partial charge in [-0.2, -0.15) is 0 Å². The molecule has 0 aliphatic rings. The van der Waals surface area contributed by atoms with E-state index in [9.17, 15) is 14.4 Å². The van der Waals surface area contributed by atoms with Crippen molar-refractivity contribution >= 4 is 17.9 Å². The lowest BCUT2D eigenvalue weighted by Gasteiger charge is -2.14. The van der Waals surface area contributed by atoms with Crippen molar-refractivity contribution in [1.82, 2.24) is 0 Å². The van der Waals surface area contributed by atoms with E-state index in [1.54, 1.807) is 44.2 Å². The molecule has 0 unspecified atom stereocenters. The molecular weight excluding hydrogens is 520 g/mol. The summed E-state index contributed by atoms with van der Waals surface area (Å²) in [5.41, 5.74) is 3.83. The number of allylic oxidation sites excluding steroid dienone is 2. The lowest BCUT2D eigenvalue weighted by atomic mass is 9.99. The fourth-order valence-corrected chi connectivity index (χ4v) is 3.48. The summed E-state index contributed by atoms with van der Waals surface area (Å²) < 4.78 is 22.1. The first-order valence-electron chi connectivity index (χ1n) is 12.9. The summed E-state index contributed by atoms with van der Waals surface area (Å²) >= 11 is 0. The van der Waals surface area contributed by atoms with E-state index < -0.39 is 17.9 Å². The van der Waals surface area contributed by atoms with Crippen LogP contribution < -0.4 is 18.9 Å². The van der Waals surface area contributed by atoms with E-state index in [0.717, 1.165) is 22.3 Å². The van der Waals surface area contributed by atoms with E-state index in [1.165, 1.54) is 13.0 Å². The highest BCUT2D eigenvalue weighted by atomic mass is 16.6. The third-order valence-electron chi connectivity index (χ3n) is 5.63. The second kappa shape index (κ2) is 14.3. The molecule has 7 nitrogen and oxygen atoms in total. The van der Waals surface area contributed by atoms with Gasteiger partial charge < -0.3 is 18.9 Å². The summed E-state index contributed by atoms with van der Waals surface area (Å²) in [5.74, 6) is -0.824. The van der Waals surface area contributed by atoms with E-state index in [0.29, 0.717) is 18.1 Å². The Bertz CT molecular complexity index is 1530. The third-order valence-corrected chi connectivity index (χ3v) is 5.63. The molecule has 0 saturated carbocycles. The molecule has 0 spiro atoms. The van der Waals surface area contributed by atoms with E-state index in [2.05, 4.69) is 13.2 Å². The second-order valence-corrected chi connectivity index (χ2v) is 9.04. The van der Waals surface area contributed by atoms with Crippen LogP contribution in [0.15, 0.2) is 109 Å². The standard InChI is InChI=1S/C34H32O7/c1-7-9-19-38-30-20-26(15-17-28(30)40-33(36)22(3)4)24-11-13-25(14-12-24)27-16-18-29(41-34(37)23(5)6)31(21-27)39-32(35)10-8-2/h7-18,20-21H,3,5,19H2,1-2,4,6H3/b9-7+,10-8+. The highest BCUT2D eigenvalue weighted by molar-refractivity contribution is 5.90. The number of ether oxygens (including phenoxy) is 4. The Labute approximate surface area is 240 Å². The Morgan fingerprint density at radius 2 is 1.10 bits per heavy atom. The van der Waals surface area contributed by atoms with Gasteiger partial charge in [0.05, 0.1) is 0 Å². The Balaban J connectivity index is 1.93. The predicted octanol–water partition coefficient (Wildman–Crippen LogP) is 7.42. The monoisotopic (exact) mass is 552 g/mol. The molecule has 3 rings (SSSR count). The molecule has 0 heterocycles. The predicted molar refractivity (Wildman–Crippen MR) is 159 cm³/mol. The van der Waals surface area contributed by atoms with Crippen LogP contribution in [0.25, 0.3) is 22.3 Å². The molecule has 0 aliphatic carbocycles. The Hall–Kier alpha value is -5.17. The van der Waals surface area contributed by atoms with Crippen molar-refractivity contribution < 1.29 is 33.3 Å². The van der Waals surface area contributed by atoms with Crippen molar-refractivity contribution in [2.75, 3.05) is 6.61 Å². The van der Waals surface area contributed by atoms with Crippen molar-refractivity contribution in [2.24, 2.45) is 0 Å². The molecule has 0 atom stereocenters. The van der Waals surface area contributed by atoms with Gasteiger partial charge in [-0.05, 0) is 74.2 Å². The SMILES string of the molecule is C=C(C)C(=O)Oc1ccc(-c2ccc(-c3ccc(OC(=O)C(=C)C)c(OC(=O)/C=C/C)c3)cc2)cc1OC/C=C/C. The van der Waals surface area contributed by atoms with E-state index in [4.69, 9.17) is 18.9 Å². The molecule has 0 N–H and O–H groups in total. The van der Waals surface area contributed by atoms with Crippen molar-refractivity contribution in [3.63, 3.8) is 0 Å². The quantitative estimate of drug-likeness (QED) is 0.106. The van der Waals surface area contributed by atoms with Gasteiger partial charge in [0.2, 0.25) is 0 Å². The van der Waals surface area contributed by atoms with E-state index >= 15 is 0 Å². The molecule has 0 radical (unpaired) electrons. The molecule has 7 heteroatoms. The van der Waals surface area contributed by atoms with Gasteiger partial charge in [0.15, 0.2) is 23.0 Å². The molecule has 3 aromatic rings. The number of esters is 3. The smallest absolute Gasteiger partial charge is 0.338 e. The van der Waals surface area contributed by atoms with Gasteiger partial charge in [0.1, 0.15) is 6.61 Å². The van der Waals surface area contributed by atoms with Crippen molar-refractivity contribution in [1.29, 1.82) is 0 Å². The normalized spacial score (nSPS) is 10.8. The van der Waals surface area contributed by atoms with Crippen molar-refractivity contribution in [2.45, 2.75) is 27.7 Å². The average Bonchev–Trinajstić information content (AvgIpc) is 2.95. The Kier molecular flexibility index (Phi) is 10.6. The molecular formula is C34H32O7.